The summed E-state index contributed by atoms with van der Waals surface area (Å²) >= 11 is 6.02. The third-order valence-electron chi connectivity index (χ3n) is 14.8. The predicted molar refractivity (Wildman–Crippen MR) is 312 cm³/mol. The standard InChI is InChI=1S/C58H83ClF2N10O14/c1-3-44-37-70(58(80)45-10-9-42(59)35-47(45)56(60)61)24-25-71(44)49-12-11-48(46-7-5-6-8-50(46)85-4-2)64-55(49)57(79)63-43-13-15-65(36-43)26-28-82-30-32-84-34-33-83-31-29-81-27-14-62-51(72)38-66-16-18-67(39-52(73)74)20-22-69(41-54(77)78)23-21-68(19-17-66)40-53(75)76/h5-12,35,43-44,56H,3-4,13-34,36-41H2,1-2H3,(H,62,72)(H,63,79)(H,73,74)(H,75,76)(H,77,78). The van der Waals surface area contributed by atoms with Crippen molar-refractivity contribution in [2.24, 2.45) is 0 Å². The number of hydrogen-bond donors (Lipinski definition) is 5. The Balaban J connectivity index is 0.864. The van der Waals surface area contributed by atoms with E-state index in [2.05, 4.69) is 20.4 Å². The normalized spacial score (nSPS) is 18.2. The Morgan fingerprint density at radius 1 is 0.659 bits per heavy atom. The number of carbonyl (C=O) groups excluding carboxylic acids is 3. The fourth-order valence-corrected chi connectivity index (χ4v) is 10.6. The molecule has 2 aromatic carbocycles. The molecule has 0 bridgehead atoms. The Hall–Kier alpha value is -6.20. The highest BCUT2D eigenvalue weighted by Gasteiger charge is 2.35. The molecule has 2 unspecified atom stereocenters. The molecule has 3 aliphatic heterocycles. The van der Waals surface area contributed by atoms with E-state index in [1.54, 1.807) is 19.6 Å². The average molecular weight is 1220 g/mol. The number of alkyl halides is 2. The second kappa shape index (κ2) is 36.1. The van der Waals surface area contributed by atoms with Crippen LogP contribution in [0.5, 0.6) is 5.75 Å². The van der Waals surface area contributed by atoms with E-state index in [0.29, 0.717) is 122 Å². The zero-order valence-electron chi connectivity index (χ0n) is 48.7. The van der Waals surface area contributed by atoms with Gasteiger partial charge in [-0.1, -0.05) is 30.7 Å². The topological polar surface area (TPSA) is 269 Å². The number of nitrogens with zero attached hydrogens (tertiary/aromatic N) is 8. The fraction of sp³-hybridized carbons (Fsp3) is 0.603. The largest absolute Gasteiger partial charge is 0.493 e. The highest BCUT2D eigenvalue weighted by atomic mass is 35.5. The molecule has 24 nitrogen and oxygen atoms in total. The Kier molecular flexibility index (Phi) is 28.8. The van der Waals surface area contributed by atoms with Crippen LogP contribution in [0.15, 0.2) is 54.6 Å². The molecule has 2 atom stereocenters. The molecule has 0 spiro atoms. The minimum Gasteiger partial charge on any atom is -0.493 e. The predicted octanol–water partition coefficient (Wildman–Crippen LogP) is 2.94. The maximum absolute atomic E-state index is 14.4. The minimum atomic E-state index is -2.88. The number of para-hydroxylation sites is 1. The van der Waals surface area contributed by atoms with E-state index in [-0.39, 0.29) is 119 Å². The highest BCUT2D eigenvalue weighted by molar-refractivity contribution is 6.30. The van der Waals surface area contributed by atoms with Crippen LogP contribution in [-0.4, -0.2) is 281 Å². The van der Waals surface area contributed by atoms with Crippen LogP contribution in [0.2, 0.25) is 5.02 Å². The number of amides is 3. The quantitative estimate of drug-likeness (QED) is 0.0563. The monoisotopic (exact) mass is 1220 g/mol. The van der Waals surface area contributed by atoms with Crippen LogP contribution in [-0.2, 0) is 38.1 Å². The molecule has 0 aliphatic carbocycles. The summed E-state index contributed by atoms with van der Waals surface area (Å²) in [5.74, 6) is -3.55. The fourth-order valence-electron chi connectivity index (χ4n) is 10.4. The number of likely N-dealkylation sites (tertiary alicyclic amines) is 1. The third-order valence-corrected chi connectivity index (χ3v) is 15.0. The maximum Gasteiger partial charge on any atom is 0.317 e. The van der Waals surface area contributed by atoms with Gasteiger partial charge in [-0.3, -0.25) is 53.3 Å². The molecule has 5 N–H and O–H groups in total. The van der Waals surface area contributed by atoms with Crippen LogP contribution in [0, 0.1) is 0 Å². The Bertz CT molecular complexity index is 2600. The summed E-state index contributed by atoms with van der Waals surface area (Å²) in [5, 5.41) is 34.5. The molecular formula is C58H83ClF2N10O14. The van der Waals surface area contributed by atoms with Crippen molar-refractivity contribution in [3.05, 3.63) is 76.4 Å². The first kappa shape index (κ1) is 67.9. The van der Waals surface area contributed by atoms with Gasteiger partial charge in [0.15, 0.2) is 5.69 Å². The van der Waals surface area contributed by atoms with Crippen LogP contribution in [0.1, 0.15) is 59.5 Å². The van der Waals surface area contributed by atoms with Gasteiger partial charge in [0, 0.05) is 132 Å². The zero-order chi connectivity index (χ0) is 61.1. The molecule has 4 heterocycles. The summed E-state index contributed by atoms with van der Waals surface area (Å²) < 4.78 is 56.7. The van der Waals surface area contributed by atoms with Crippen molar-refractivity contribution in [2.45, 2.75) is 45.2 Å². The molecule has 27 heteroatoms. The molecule has 0 radical (unpaired) electrons. The number of rotatable bonds is 32. The van der Waals surface area contributed by atoms with Crippen molar-refractivity contribution in [3.8, 4) is 17.0 Å². The van der Waals surface area contributed by atoms with Crippen molar-refractivity contribution in [3.63, 3.8) is 0 Å². The van der Waals surface area contributed by atoms with Gasteiger partial charge in [-0.2, -0.15) is 0 Å². The van der Waals surface area contributed by atoms with E-state index in [4.69, 9.17) is 40.3 Å². The maximum atomic E-state index is 14.4. The van der Waals surface area contributed by atoms with Crippen LogP contribution >= 0.6 is 11.6 Å². The number of piperazine rings is 1. The third kappa shape index (κ3) is 22.9. The summed E-state index contributed by atoms with van der Waals surface area (Å²) in [4.78, 5) is 93.5. The van der Waals surface area contributed by atoms with Gasteiger partial charge < -0.3 is 59.4 Å². The summed E-state index contributed by atoms with van der Waals surface area (Å²) in [5.41, 5.74) is 1.64. The number of carboxylic acids is 3. The van der Waals surface area contributed by atoms with Gasteiger partial charge in [0.25, 0.3) is 18.2 Å². The van der Waals surface area contributed by atoms with E-state index in [1.807, 2.05) is 55.1 Å². The van der Waals surface area contributed by atoms with Gasteiger partial charge in [0.2, 0.25) is 5.91 Å². The summed E-state index contributed by atoms with van der Waals surface area (Å²) in [6, 6.07) is 14.8. The molecule has 3 fully saturated rings. The van der Waals surface area contributed by atoms with Crippen LogP contribution in [0.3, 0.4) is 0 Å². The SMILES string of the molecule is CCOc1ccccc1-c1ccc(N2CCN(C(=O)c3ccc(Cl)cc3C(F)F)CC2CC)c(C(=O)NC2CCN(CCOCCOCCOCCOCCNC(=O)CN3CCN(CC(=O)O)CCN(CC(=O)O)CCN(CC(=O)O)CC3)C2)n1. The van der Waals surface area contributed by atoms with Crippen molar-refractivity contribution >= 4 is 52.9 Å². The minimum absolute atomic E-state index is 0.00719. The smallest absolute Gasteiger partial charge is 0.317 e. The van der Waals surface area contributed by atoms with Gasteiger partial charge in [-0.15, -0.1) is 0 Å². The number of anilines is 1. The van der Waals surface area contributed by atoms with Crippen LogP contribution in [0.4, 0.5) is 14.5 Å². The van der Waals surface area contributed by atoms with Crippen LogP contribution in [0.25, 0.3) is 11.3 Å². The number of benzene rings is 2. The first-order chi connectivity index (χ1) is 41.0. The second-order valence-corrected chi connectivity index (χ2v) is 21.3. The summed E-state index contributed by atoms with van der Waals surface area (Å²) in [7, 11) is 0. The lowest BCUT2D eigenvalue weighted by atomic mass is 10.0. The van der Waals surface area contributed by atoms with E-state index < -0.39 is 35.8 Å². The second-order valence-electron chi connectivity index (χ2n) is 20.9. The highest BCUT2D eigenvalue weighted by Crippen LogP contribution is 2.34. The molecule has 3 amide bonds. The molecular weight excluding hydrogens is 1130 g/mol. The number of hydrogen-bond acceptors (Lipinski definition) is 18. The average Bonchev–Trinajstić information content (AvgIpc) is 2.75. The van der Waals surface area contributed by atoms with Crippen molar-refractivity contribution < 1.29 is 76.6 Å². The van der Waals surface area contributed by atoms with Gasteiger partial charge in [0.05, 0.1) is 97.0 Å². The Morgan fingerprint density at radius 3 is 1.79 bits per heavy atom. The lowest BCUT2D eigenvalue weighted by Crippen LogP contribution is -2.55. The molecule has 3 aromatic rings. The van der Waals surface area contributed by atoms with Gasteiger partial charge in [-0.25, -0.2) is 13.8 Å². The Morgan fingerprint density at radius 2 is 1.22 bits per heavy atom. The number of aliphatic carboxylic acids is 3. The van der Waals surface area contributed by atoms with E-state index in [1.165, 1.54) is 12.1 Å². The first-order valence-corrected chi connectivity index (χ1v) is 29.4. The number of carbonyl (C=O) groups is 6. The lowest BCUT2D eigenvalue weighted by molar-refractivity contribution is -0.140. The van der Waals surface area contributed by atoms with Gasteiger partial charge >= 0.3 is 17.9 Å². The molecule has 1 aromatic heterocycles. The van der Waals surface area contributed by atoms with Gasteiger partial charge in [0.1, 0.15) is 5.75 Å². The number of halogens is 3. The van der Waals surface area contributed by atoms with Crippen molar-refractivity contribution in [2.75, 3.05) is 189 Å². The number of ether oxygens (including phenoxy) is 5. The zero-order valence-corrected chi connectivity index (χ0v) is 49.4. The van der Waals surface area contributed by atoms with Crippen molar-refractivity contribution in [1.29, 1.82) is 0 Å². The van der Waals surface area contributed by atoms with E-state index in [0.717, 1.165) is 24.6 Å². The first-order valence-electron chi connectivity index (χ1n) is 29.0. The number of pyridine rings is 1. The van der Waals surface area contributed by atoms with Gasteiger partial charge in [-0.05, 0) is 62.2 Å². The van der Waals surface area contributed by atoms with Crippen molar-refractivity contribution in [1.82, 2.24) is 45.0 Å². The molecule has 3 aliphatic rings. The molecule has 85 heavy (non-hydrogen) atoms. The molecule has 3 saturated heterocycles. The molecule has 0 saturated carbocycles. The number of aromatic nitrogens is 1. The number of nitrogens with one attached hydrogen (secondary N) is 2. The Labute approximate surface area is 500 Å². The van der Waals surface area contributed by atoms with E-state index >= 15 is 0 Å². The summed E-state index contributed by atoms with van der Waals surface area (Å²) in [6.45, 7) is 11.9. The number of carboxylic acid groups (broad SMARTS) is 3. The lowest BCUT2D eigenvalue weighted by Gasteiger charge is -2.43. The summed E-state index contributed by atoms with van der Waals surface area (Å²) in [6.07, 6.45) is -1.55. The molecule has 6 rings (SSSR count). The molecule has 470 valence electrons. The van der Waals surface area contributed by atoms with Crippen LogP contribution < -0.4 is 20.3 Å². The van der Waals surface area contributed by atoms with E-state index in [9.17, 15) is 52.9 Å².